The third-order valence-corrected chi connectivity index (χ3v) is 3.98. The molecule has 23 heavy (non-hydrogen) atoms. The lowest BCUT2D eigenvalue weighted by molar-refractivity contribution is -0.117. The minimum Gasteiger partial charge on any atom is -0.396 e. The van der Waals surface area contributed by atoms with E-state index in [0.29, 0.717) is 6.42 Å². The fourth-order valence-corrected chi connectivity index (χ4v) is 2.77. The molecule has 1 heterocycles. The van der Waals surface area contributed by atoms with Gasteiger partial charge in [0.2, 0.25) is 5.91 Å². The van der Waals surface area contributed by atoms with Gasteiger partial charge < -0.3 is 10.4 Å². The van der Waals surface area contributed by atoms with Gasteiger partial charge in [0.1, 0.15) is 0 Å². The number of hydrogen-bond acceptors (Lipinski definition) is 4. The largest absolute Gasteiger partial charge is 0.396 e. The Balaban J connectivity index is 1.95. The van der Waals surface area contributed by atoms with Crippen molar-refractivity contribution >= 4 is 23.7 Å². The topological polar surface area (TPSA) is 67.2 Å². The Bertz CT molecular complexity index is 634. The van der Waals surface area contributed by atoms with Gasteiger partial charge in [-0.2, -0.15) is 16.9 Å². The first-order chi connectivity index (χ1) is 11.2. The normalized spacial score (nSPS) is 12.4. The summed E-state index contributed by atoms with van der Waals surface area (Å²) < 4.78 is 1.76. The number of carbonyl (C=O) groups excluding carboxylic acids is 1. The van der Waals surface area contributed by atoms with E-state index in [2.05, 4.69) is 10.4 Å². The highest BCUT2D eigenvalue weighted by Gasteiger charge is 2.09. The summed E-state index contributed by atoms with van der Waals surface area (Å²) in [6, 6.07) is 9.78. The maximum atomic E-state index is 11.9. The molecule has 0 bridgehead atoms. The fourth-order valence-electron chi connectivity index (χ4n) is 2.12. The quantitative estimate of drug-likeness (QED) is 0.727. The Labute approximate surface area is 140 Å². The lowest BCUT2D eigenvalue weighted by Gasteiger charge is -2.15. The highest BCUT2D eigenvalue weighted by atomic mass is 32.2. The molecule has 122 valence electrons. The van der Waals surface area contributed by atoms with Gasteiger partial charge in [-0.1, -0.05) is 18.2 Å². The predicted molar refractivity (Wildman–Crippen MR) is 94.6 cm³/mol. The molecule has 2 N–H and O–H groups in total. The van der Waals surface area contributed by atoms with E-state index in [1.807, 2.05) is 42.8 Å². The number of aliphatic hydroxyl groups is 1. The third-order valence-electron chi connectivity index (χ3n) is 3.24. The minimum atomic E-state index is -0.162. The summed E-state index contributed by atoms with van der Waals surface area (Å²) >= 11 is 1.64. The number of benzene rings is 1. The maximum Gasteiger partial charge on any atom is 0.244 e. The molecule has 0 aliphatic rings. The average Bonchev–Trinajstić information content (AvgIpc) is 3.03. The second-order valence-electron chi connectivity index (χ2n) is 5.06. The molecule has 0 saturated heterocycles. The van der Waals surface area contributed by atoms with E-state index < -0.39 is 0 Å². The van der Waals surface area contributed by atoms with Gasteiger partial charge in [-0.3, -0.25) is 4.79 Å². The van der Waals surface area contributed by atoms with E-state index in [1.54, 1.807) is 28.7 Å². The first-order valence-corrected chi connectivity index (χ1v) is 8.81. The number of hydrogen-bond donors (Lipinski definition) is 2. The van der Waals surface area contributed by atoms with Crippen LogP contribution in [-0.2, 0) is 4.79 Å². The number of amides is 1. The van der Waals surface area contributed by atoms with Crippen molar-refractivity contribution in [3.8, 4) is 5.69 Å². The standard InChI is InChI=1S/C17H21N3O2S/c1-23-13-15(9-10-21)19-17(22)8-7-14-11-18-20(12-14)16-5-3-2-4-6-16/h2-8,11-12,15,21H,9-10,13H2,1H3,(H,19,22)/b8-7+. The van der Waals surface area contributed by atoms with E-state index in [1.165, 1.54) is 6.08 Å². The summed E-state index contributed by atoms with van der Waals surface area (Å²) in [5.74, 6) is 0.622. The molecular formula is C17H21N3O2S. The molecule has 2 aromatic rings. The van der Waals surface area contributed by atoms with Crippen LogP contribution in [-0.4, -0.2) is 45.5 Å². The van der Waals surface area contributed by atoms with Gasteiger partial charge in [-0.25, -0.2) is 4.68 Å². The molecule has 0 radical (unpaired) electrons. The molecule has 5 nitrogen and oxygen atoms in total. The molecule has 1 aromatic heterocycles. The van der Waals surface area contributed by atoms with Crippen molar-refractivity contribution in [1.82, 2.24) is 15.1 Å². The van der Waals surface area contributed by atoms with Gasteiger partial charge in [-0.05, 0) is 30.9 Å². The lowest BCUT2D eigenvalue weighted by atomic mass is 10.2. The fraction of sp³-hybridized carbons (Fsp3) is 0.294. The summed E-state index contributed by atoms with van der Waals surface area (Å²) in [6.07, 6.45) is 9.35. The molecular weight excluding hydrogens is 310 g/mol. The molecule has 0 spiro atoms. The van der Waals surface area contributed by atoms with Crippen LogP contribution < -0.4 is 5.32 Å². The van der Waals surface area contributed by atoms with Crippen molar-refractivity contribution in [3.63, 3.8) is 0 Å². The van der Waals surface area contributed by atoms with Crippen LogP contribution in [0.4, 0.5) is 0 Å². The van der Waals surface area contributed by atoms with Crippen LogP contribution >= 0.6 is 11.8 Å². The van der Waals surface area contributed by atoms with Gasteiger partial charge in [0.15, 0.2) is 0 Å². The number of aromatic nitrogens is 2. The zero-order valence-corrected chi connectivity index (χ0v) is 13.9. The van der Waals surface area contributed by atoms with E-state index >= 15 is 0 Å². The van der Waals surface area contributed by atoms with E-state index in [4.69, 9.17) is 5.11 Å². The maximum absolute atomic E-state index is 11.9. The van der Waals surface area contributed by atoms with Crippen LogP contribution in [0.15, 0.2) is 48.8 Å². The summed E-state index contributed by atoms with van der Waals surface area (Å²) in [5.41, 5.74) is 1.83. The van der Waals surface area contributed by atoms with Crippen molar-refractivity contribution in [2.45, 2.75) is 12.5 Å². The molecule has 0 aliphatic heterocycles. The molecule has 2 rings (SSSR count). The Hall–Kier alpha value is -2.05. The van der Waals surface area contributed by atoms with Crippen LogP contribution in [0.5, 0.6) is 0 Å². The van der Waals surface area contributed by atoms with Crippen LogP contribution in [0.3, 0.4) is 0 Å². The number of rotatable bonds is 8. The Morgan fingerprint density at radius 1 is 1.43 bits per heavy atom. The number of para-hydroxylation sites is 1. The minimum absolute atomic E-state index is 0.0146. The third kappa shape index (κ3) is 5.58. The smallest absolute Gasteiger partial charge is 0.244 e. The SMILES string of the molecule is CSCC(CCO)NC(=O)/C=C/c1cnn(-c2ccccc2)c1. The van der Waals surface area contributed by atoms with Crippen molar-refractivity contribution in [1.29, 1.82) is 0 Å². The molecule has 0 saturated carbocycles. The van der Waals surface area contributed by atoms with Crippen LogP contribution in [0.25, 0.3) is 11.8 Å². The average molecular weight is 331 g/mol. The predicted octanol–water partition coefficient (Wildman–Crippen LogP) is 2.12. The van der Waals surface area contributed by atoms with Crippen molar-refractivity contribution < 1.29 is 9.90 Å². The number of nitrogens with one attached hydrogen (secondary N) is 1. The van der Waals surface area contributed by atoms with Gasteiger partial charge >= 0.3 is 0 Å². The Morgan fingerprint density at radius 3 is 2.91 bits per heavy atom. The number of carbonyl (C=O) groups is 1. The highest BCUT2D eigenvalue weighted by molar-refractivity contribution is 7.98. The summed E-state index contributed by atoms with van der Waals surface area (Å²) in [7, 11) is 0. The van der Waals surface area contributed by atoms with E-state index in [-0.39, 0.29) is 18.6 Å². The molecule has 1 aromatic carbocycles. The zero-order valence-electron chi connectivity index (χ0n) is 13.1. The monoisotopic (exact) mass is 331 g/mol. The van der Waals surface area contributed by atoms with Crippen molar-refractivity contribution in [2.75, 3.05) is 18.6 Å². The molecule has 1 atom stereocenters. The Morgan fingerprint density at radius 2 is 2.22 bits per heavy atom. The lowest BCUT2D eigenvalue weighted by Crippen LogP contribution is -2.36. The van der Waals surface area contributed by atoms with Gasteiger partial charge in [-0.15, -0.1) is 0 Å². The second kappa shape index (κ2) is 9.17. The van der Waals surface area contributed by atoms with Crippen LogP contribution in [0.2, 0.25) is 0 Å². The number of aliphatic hydroxyl groups excluding tert-OH is 1. The van der Waals surface area contributed by atoms with Crippen molar-refractivity contribution in [3.05, 3.63) is 54.4 Å². The second-order valence-corrected chi connectivity index (χ2v) is 5.97. The Kier molecular flexibility index (Phi) is 6.90. The van der Waals surface area contributed by atoms with Gasteiger partial charge in [0.05, 0.1) is 11.9 Å². The molecule has 1 unspecified atom stereocenters. The van der Waals surface area contributed by atoms with E-state index in [0.717, 1.165) is 17.0 Å². The summed E-state index contributed by atoms with van der Waals surface area (Å²) in [6.45, 7) is 0.0685. The van der Waals surface area contributed by atoms with Crippen LogP contribution in [0, 0.1) is 0 Å². The number of thioether (sulfide) groups is 1. The molecule has 0 aliphatic carbocycles. The van der Waals surface area contributed by atoms with E-state index in [9.17, 15) is 4.79 Å². The molecule has 0 fully saturated rings. The summed E-state index contributed by atoms with van der Waals surface area (Å²) in [5, 5.41) is 16.2. The van der Waals surface area contributed by atoms with Crippen molar-refractivity contribution in [2.24, 2.45) is 0 Å². The highest BCUT2D eigenvalue weighted by Crippen LogP contribution is 2.09. The van der Waals surface area contributed by atoms with Gasteiger partial charge in [0, 0.05) is 36.2 Å². The number of nitrogens with zero attached hydrogens (tertiary/aromatic N) is 2. The zero-order chi connectivity index (χ0) is 16.5. The molecule has 6 heteroatoms. The summed E-state index contributed by atoms with van der Waals surface area (Å²) in [4.78, 5) is 11.9. The van der Waals surface area contributed by atoms with Crippen LogP contribution in [0.1, 0.15) is 12.0 Å². The first-order valence-electron chi connectivity index (χ1n) is 7.41. The molecule has 1 amide bonds. The van der Waals surface area contributed by atoms with Gasteiger partial charge in [0.25, 0.3) is 0 Å². The first kappa shape index (κ1) is 17.3.